The Hall–Kier alpha value is -3.17. The lowest BCUT2D eigenvalue weighted by Gasteiger charge is -2.40. The molecule has 178 valence electrons. The van der Waals surface area contributed by atoms with Gasteiger partial charge in [0.2, 0.25) is 12.5 Å². The molecular formula is C24H29NO8. The average molecular weight is 459 g/mol. The normalized spacial score (nSPS) is 17.8. The number of rotatable bonds is 7. The largest absolute Gasteiger partial charge is 0.493 e. The van der Waals surface area contributed by atoms with Crippen LogP contribution >= 0.6 is 0 Å². The Labute approximate surface area is 192 Å². The Bertz CT molecular complexity index is 1050. The van der Waals surface area contributed by atoms with Crippen LogP contribution in [0.2, 0.25) is 0 Å². The summed E-state index contributed by atoms with van der Waals surface area (Å²) in [6.45, 7) is 1.88. The van der Waals surface area contributed by atoms with Gasteiger partial charge in [-0.1, -0.05) is 6.07 Å². The van der Waals surface area contributed by atoms with Gasteiger partial charge in [0, 0.05) is 30.2 Å². The standard InChI is InChI=1S/C24H29NO8/c1-13(27)33-22(15-6-7-17(28-3)21(29-4)16(15)11-26)20-19-14(8-9-25(20)2)10-18-23(24(19)30-5)32-12-31-18/h6-7,10,20,22,26H,8-9,11-12H2,1-5H3. The zero-order valence-electron chi connectivity index (χ0n) is 19.5. The Morgan fingerprint density at radius 2 is 1.94 bits per heavy atom. The fraction of sp³-hybridized carbons (Fsp3) is 0.458. The highest BCUT2D eigenvalue weighted by Gasteiger charge is 2.41. The molecule has 9 nitrogen and oxygen atoms in total. The fourth-order valence-electron chi connectivity index (χ4n) is 4.76. The van der Waals surface area contributed by atoms with Crippen molar-refractivity contribution in [2.24, 2.45) is 0 Å². The van der Waals surface area contributed by atoms with Crippen molar-refractivity contribution in [1.82, 2.24) is 4.90 Å². The van der Waals surface area contributed by atoms with Crippen molar-refractivity contribution in [2.45, 2.75) is 32.1 Å². The second-order valence-corrected chi connectivity index (χ2v) is 7.95. The van der Waals surface area contributed by atoms with Crippen LogP contribution in [0.1, 0.15) is 41.3 Å². The molecule has 0 fully saturated rings. The van der Waals surface area contributed by atoms with Crippen LogP contribution in [0.25, 0.3) is 0 Å². The van der Waals surface area contributed by atoms with Crippen molar-refractivity contribution < 1.29 is 38.3 Å². The van der Waals surface area contributed by atoms with Gasteiger partial charge in [-0.25, -0.2) is 0 Å². The molecule has 2 heterocycles. The van der Waals surface area contributed by atoms with Gasteiger partial charge in [-0.05, 0) is 31.2 Å². The minimum atomic E-state index is -0.761. The van der Waals surface area contributed by atoms with Crippen LogP contribution in [0.4, 0.5) is 0 Å². The summed E-state index contributed by atoms with van der Waals surface area (Å²) in [7, 11) is 6.58. The van der Waals surface area contributed by atoms with Crippen molar-refractivity contribution in [1.29, 1.82) is 0 Å². The minimum absolute atomic E-state index is 0.118. The summed E-state index contributed by atoms with van der Waals surface area (Å²) in [6.07, 6.45) is 0.00348. The molecule has 2 aromatic carbocycles. The van der Waals surface area contributed by atoms with E-state index in [9.17, 15) is 9.90 Å². The third-order valence-electron chi connectivity index (χ3n) is 6.18. The summed E-state index contributed by atoms with van der Waals surface area (Å²) in [6, 6.07) is 5.09. The summed E-state index contributed by atoms with van der Waals surface area (Å²) in [5, 5.41) is 10.3. The quantitative estimate of drug-likeness (QED) is 0.627. The van der Waals surface area contributed by atoms with E-state index in [-0.39, 0.29) is 13.4 Å². The Kier molecular flexibility index (Phi) is 6.53. The lowest BCUT2D eigenvalue weighted by molar-refractivity contribution is -0.150. The van der Waals surface area contributed by atoms with Gasteiger partial charge in [-0.2, -0.15) is 0 Å². The van der Waals surface area contributed by atoms with Crippen molar-refractivity contribution in [2.75, 3.05) is 41.7 Å². The third kappa shape index (κ3) is 3.91. The molecule has 2 unspecified atom stereocenters. The molecule has 0 aromatic heterocycles. The monoisotopic (exact) mass is 459 g/mol. The van der Waals surface area contributed by atoms with Crippen molar-refractivity contribution in [3.05, 3.63) is 40.5 Å². The minimum Gasteiger partial charge on any atom is -0.493 e. The number of carbonyl (C=O) groups excluding carboxylic acids is 1. The summed E-state index contributed by atoms with van der Waals surface area (Å²) in [5.74, 6) is 2.16. The summed E-state index contributed by atoms with van der Waals surface area (Å²) < 4.78 is 34.0. The van der Waals surface area contributed by atoms with E-state index in [1.165, 1.54) is 21.1 Å². The maximum Gasteiger partial charge on any atom is 0.303 e. The molecule has 0 aliphatic carbocycles. The summed E-state index contributed by atoms with van der Waals surface area (Å²) in [4.78, 5) is 14.4. The first-order chi connectivity index (χ1) is 15.9. The molecule has 9 heteroatoms. The second kappa shape index (κ2) is 9.36. The van der Waals surface area contributed by atoms with Crippen LogP contribution < -0.4 is 23.7 Å². The van der Waals surface area contributed by atoms with Crippen molar-refractivity contribution >= 4 is 5.97 Å². The van der Waals surface area contributed by atoms with Gasteiger partial charge in [-0.15, -0.1) is 0 Å². The molecule has 33 heavy (non-hydrogen) atoms. The molecule has 0 saturated carbocycles. The molecule has 0 radical (unpaired) electrons. The summed E-state index contributed by atoms with van der Waals surface area (Å²) in [5.41, 5.74) is 3.00. The van der Waals surface area contributed by atoms with Crippen LogP contribution in [0.15, 0.2) is 18.2 Å². The summed E-state index contributed by atoms with van der Waals surface area (Å²) >= 11 is 0. The van der Waals surface area contributed by atoms with Crippen molar-refractivity contribution in [3.63, 3.8) is 0 Å². The number of carbonyl (C=O) groups is 1. The Morgan fingerprint density at radius 3 is 2.58 bits per heavy atom. The number of aliphatic hydroxyl groups excluding tert-OH is 1. The molecule has 0 saturated heterocycles. The predicted octanol–water partition coefficient (Wildman–Crippen LogP) is 2.77. The molecule has 2 aromatic rings. The highest BCUT2D eigenvalue weighted by molar-refractivity contribution is 5.67. The van der Waals surface area contributed by atoms with Crippen LogP contribution in [-0.2, 0) is 22.6 Å². The number of nitrogens with zero attached hydrogens (tertiary/aromatic N) is 1. The number of hydrogen-bond donors (Lipinski definition) is 1. The first kappa shape index (κ1) is 23.0. The molecule has 0 bridgehead atoms. The number of aliphatic hydroxyl groups is 1. The van der Waals surface area contributed by atoms with Crippen LogP contribution in [0, 0.1) is 0 Å². The molecular weight excluding hydrogens is 430 g/mol. The average Bonchev–Trinajstić information content (AvgIpc) is 3.28. The number of esters is 1. The van der Waals surface area contributed by atoms with E-state index in [1.54, 1.807) is 19.2 Å². The van der Waals surface area contributed by atoms with Crippen LogP contribution in [0.3, 0.4) is 0 Å². The molecule has 2 atom stereocenters. The number of likely N-dealkylation sites (N-methyl/N-ethyl adjacent to an activating group) is 1. The van der Waals surface area contributed by atoms with Gasteiger partial charge < -0.3 is 33.5 Å². The van der Waals surface area contributed by atoms with Gasteiger partial charge in [0.1, 0.15) is 6.10 Å². The molecule has 1 N–H and O–H groups in total. The van der Waals surface area contributed by atoms with Gasteiger partial charge in [0.05, 0.1) is 34.0 Å². The molecule has 2 aliphatic rings. The highest BCUT2D eigenvalue weighted by atomic mass is 16.7. The maximum atomic E-state index is 12.3. The first-order valence-corrected chi connectivity index (χ1v) is 10.7. The molecule has 4 rings (SSSR count). The number of fused-ring (bicyclic) bond motifs is 2. The zero-order valence-corrected chi connectivity index (χ0v) is 19.5. The van der Waals surface area contributed by atoms with Crippen LogP contribution in [0.5, 0.6) is 28.7 Å². The van der Waals surface area contributed by atoms with E-state index in [0.717, 1.165) is 24.1 Å². The Morgan fingerprint density at radius 1 is 1.18 bits per heavy atom. The topological polar surface area (TPSA) is 95.9 Å². The number of benzene rings is 2. The van der Waals surface area contributed by atoms with E-state index >= 15 is 0 Å². The van der Waals surface area contributed by atoms with E-state index in [0.29, 0.717) is 39.9 Å². The molecule has 0 spiro atoms. The number of ether oxygens (including phenoxy) is 6. The van der Waals surface area contributed by atoms with Crippen LogP contribution in [-0.4, -0.2) is 57.7 Å². The van der Waals surface area contributed by atoms with E-state index in [4.69, 9.17) is 28.4 Å². The first-order valence-electron chi connectivity index (χ1n) is 10.7. The number of hydrogen-bond acceptors (Lipinski definition) is 9. The number of methoxy groups -OCH3 is 3. The lowest BCUT2D eigenvalue weighted by Crippen LogP contribution is -2.38. The SMILES string of the molecule is COc1ccc(C(OC(C)=O)C2c3c(cc4c(c3OC)OCO4)CCN2C)c(CO)c1OC. The highest BCUT2D eigenvalue weighted by Crippen LogP contribution is 2.53. The van der Waals surface area contributed by atoms with Gasteiger partial charge >= 0.3 is 5.97 Å². The predicted molar refractivity (Wildman–Crippen MR) is 118 cm³/mol. The lowest BCUT2D eigenvalue weighted by atomic mass is 9.84. The van der Waals surface area contributed by atoms with E-state index in [2.05, 4.69) is 4.90 Å². The molecule has 2 aliphatic heterocycles. The molecule has 0 amide bonds. The third-order valence-corrected chi connectivity index (χ3v) is 6.18. The maximum absolute atomic E-state index is 12.3. The zero-order chi connectivity index (χ0) is 23.7. The van der Waals surface area contributed by atoms with Gasteiger partial charge in [0.25, 0.3) is 0 Å². The van der Waals surface area contributed by atoms with E-state index in [1.807, 2.05) is 13.1 Å². The fourth-order valence-corrected chi connectivity index (χ4v) is 4.76. The second-order valence-electron chi connectivity index (χ2n) is 7.95. The van der Waals surface area contributed by atoms with E-state index < -0.39 is 18.1 Å². The smallest absolute Gasteiger partial charge is 0.303 e. The van der Waals surface area contributed by atoms with Crippen molar-refractivity contribution in [3.8, 4) is 28.7 Å². The Balaban J connectivity index is 1.95. The van der Waals surface area contributed by atoms with Gasteiger partial charge in [-0.3, -0.25) is 9.69 Å². The van der Waals surface area contributed by atoms with Gasteiger partial charge in [0.15, 0.2) is 23.0 Å².